The lowest BCUT2D eigenvalue weighted by Crippen LogP contribution is -2.22. The largest absolute Gasteiger partial charge is 0.493 e. The van der Waals surface area contributed by atoms with Crippen molar-refractivity contribution in [2.45, 2.75) is 25.7 Å². The van der Waals surface area contributed by atoms with Crippen molar-refractivity contribution in [1.29, 1.82) is 0 Å². The lowest BCUT2D eigenvalue weighted by molar-refractivity contribution is 0.0870. The number of halogens is 1. The Morgan fingerprint density at radius 1 is 1.15 bits per heavy atom. The van der Waals surface area contributed by atoms with Crippen molar-refractivity contribution in [3.63, 3.8) is 0 Å². The summed E-state index contributed by atoms with van der Waals surface area (Å²) in [7, 11) is 2.94. The molecule has 3 unspecified atom stereocenters. The van der Waals surface area contributed by atoms with Gasteiger partial charge in [-0.05, 0) is 37.2 Å². The molecule has 0 radical (unpaired) electrons. The Morgan fingerprint density at radius 2 is 1.85 bits per heavy atom. The highest BCUT2D eigenvalue weighted by molar-refractivity contribution is 5.99. The highest BCUT2D eigenvalue weighted by Gasteiger charge is 2.43. The van der Waals surface area contributed by atoms with Crippen LogP contribution >= 0.6 is 0 Å². The topological polar surface area (TPSA) is 35.5 Å². The van der Waals surface area contributed by atoms with Crippen LogP contribution in [0.15, 0.2) is 12.1 Å². The van der Waals surface area contributed by atoms with Gasteiger partial charge in [-0.1, -0.05) is 6.42 Å². The van der Waals surface area contributed by atoms with Crippen molar-refractivity contribution >= 4 is 5.78 Å². The van der Waals surface area contributed by atoms with Crippen molar-refractivity contribution in [3.05, 3.63) is 23.5 Å². The predicted octanol–water partition coefficient (Wildman–Crippen LogP) is 3.46. The molecule has 1 aromatic rings. The zero-order chi connectivity index (χ0) is 14.3. The van der Waals surface area contributed by atoms with Gasteiger partial charge in [-0.25, -0.2) is 4.39 Å². The van der Waals surface area contributed by atoms with E-state index in [1.165, 1.54) is 32.8 Å². The van der Waals surface area contributed by atoms with Gasteiger partial charge in [-0.2, -0.15) is 0 Å². The van der Waals surface area contributed by atoms with Gasteiger partial charge in [0.15, 0.2) is 17.3 Å². The molecule has 3 rings (SSSR count). The van der Waals surface area contributed by atoms with Crippen LogP contribution in [-0.2, 0) is 0 Å². The number of ketones is 1. The van der Waals surface area contributed by atoms with E-state index in [4.69, 9.17) is 9.47 Å². The zero-order valence-electron chi connectivity index (χ0n) is 11.8. The molecule has 2 fully saturated rings. The maximum atomic E-state index is 14.1. The van der Waals surface area contributed by atoms with Crippen LogP contribution < -0.4 is 9.47 Å². The molecule has 0 spiro atoms. The summed E-state index contributed by atoms with van der Waals surface area (Å²) in [5.74, 6) is 1.22. The number of rotatable bonds is 4. The molecule has 3 nitrogen and oxygen atoms in total. The quantitative estimate of drug-likeness (QED) is 0.791. The van der Waals surface area contributed by atoms with Crippen LogP contribution in [0, 0.1) is 23.6 Å². The van der Waals surface area contributed by atoms with Crippen LogP contribution in [0.2, 0.25) is 0 Å². The van der Waals surface area contributed by atoms with E-state index in [2.05, 4.69) is 0 Å². The Labute approximate surface area is 118 Å². The first-order chi connectivity index (χ1) is 9.63. The predicted molar refractivity (Wildman–Crippen MR) is 72.8 cm³/mol. The SMILES string of the molecule is COc1cc(F)c(C(=O)C2CC3CCC2C3)cc1OC. The molecule has 0 N–H and O–H groups in total. The van der Waals surface area contributed by atoms with Crippen LogP contribution in [0.4, 0.5) is 4.39 Å². The molecular weight excluding hydrogens is 259 g/mol. The number of hydrogen-bond acceptors (Lipinski definition) is 3. The standard InChI is InChI=1S/C16H19FO3/c1-19-14-7-12(13(17)8-15(14)20-2)16(18)11-6-9-3-4-10(11)5-9/h7-11H,3-6H2,1-2H3. The van der Waals surface area contributed by atoms with Gasteiger partial charge in [0.2, 0.25) is 0 Å². The number of Topliss-reactive ketones (excluding diaryl/α,β-unsaturated/α-hetero) is 1. The highest BCUT2D eigenvalue weighted by atomic mass is 19.1. The molecular formula is C16H19FO3. The average molecular weight is 278 g/mol. The van der Waals surface area contributed by atoms with E-state index in [1.807, 2.05) is 0 Å². The van der Waals surface area contributed by atoms with E-state index in [9.17, 15) is 9.18 Å². The monoisotopic (exact) mass is 278 g/mol. The Bertz CT molecular complexity index is 541. The van der Waals surface area contributed by atoms with E-state index in [1.54, 1.807) is 0 Å². The van der Waals surface area contributed by atoms with Gasteiger partial charge in [-0.3, -0.25) is 4.79 Å². The van der Waals surface area contributed by atoms with Crippen LogP contribution in [0.3, 0.4) is 0 Å². The van der Waals surface area contributed by atoms with Gasteiger partial charge < -0.3 is 9.47 Å². The molecule has 3 atom stereocenters. The van der Waals surface area contributed by atoms with Crippen molar-refractivity contribution in [2.24, 2.45) is 17.8 Å². The number of fused-ring (bicyclic) bond motifs is 2. The third-order valence-electron chi connectivity index (χ3n) is 4.81. The number of benzene rings is 1. The summed E-state index contributed by atoms with van der Waals surface area (Å²) in [5.41, 5.74) is 0.139. The Hall–Kier alpha value is -1.58. The summed E-state index contributed by atoms with van der Waals surface area (Å²) in [4.78, 5) is 12.6. The summed E-state index contributed by atoms with van der Waals surface area (Å²) in [5, 5.41) is 0. The van der Waals surface area contributed by atoms with Crippen molar-refractivity contribution in [3.8, 4) is 11.5 Å². The molecule has 0 saturated heterocycles. The van der Waals surface area contributed by atoms with Crippen LogP contribution in [0.5, 0.6) is 11.5 Å². The molecule has 4 heteroatoms. The number of hydrogen-bond donors (Lipinski definition) is 0. The summed E-state index contributed by atoms with van der Waals surface area (Å²) >= 11 is 0. The van der Waals surface area contributed by atoms with E-state index in [0.29, 0.717) is 23.3 Å². The van der Waals surface area contributed by atoms with E-state index in [0.717, 1.165) is 19.3 Å². The second kappa shape index (κ2) is 5.08. The second-order valence-electron chi connectivity index (χ2n) is 5.83. The van der Waals surface area contributed by atoms with E-state index in [-0.39, 0.29) is 17.3 Å². The first-order valence-electron chi connectivity index (χ1n) is 7.09. The minimum absolute atomic E-state index is 0.0126. The Balaban J connectivity index is 1.91. The smallest absolute Gasteiger partial charge is 0.169 e. The van der Waals surface area contributed by atoms with Gasteiger partial charge in [0, 0.05) is 12.0 Å². The van der Waals surface area contributed by atoms with E-state index >= 15 is 0 Å². The lowest BCUT2D eigenvalue weighted by atomic mass is 9.83. The van der Waals surface area contributed by atoms with Crippen LogP contribution in [0.25, 0.3) is 0 Å². The van der Waals surface area contributed by atoms with Gasteiger partial charge in [0.05, 0.1) is 19.8 Å². The molecule has 0 aliphatic heterocycles. The zero-order valence-corrected chi connectivity index (χ0v) is 11.8. The molecule has 1 aromatic carbocycles. The number of methoxy groups -OCH3 is 2. The Kier molecular flexibility index (Phi) is 3.40. The van der Waals surface area contributed by atoms with Crippen molar-refractivity contribution in [2.75, 3.05) is 14.2 Å². The first-order valence-corrected chi connectivity index (χ1v) is 7.09. The molecule has 20 heavy (non-hydrogen) atoms. The van der Waals surface area contributed by atoms with Gasteiger partial charge >= 0.3 is 0 Å². The molecule has 2 aliphatic carbocycles. The molecule has 0 heterocycles. The first kappa shape index (κ1) is 13.4. The maximum Gasteiger partial charge on any atom is 0.169 e. The van der Waals surface area contributed by atoms with Crippen LogP contribution in [-0.4, -0.2) is 20.0 Å². The van der Waals surface area contributed by atoms with Gasteiger partial charge in [-0.15, -0.1) is 0 Å². The van der Waals surface area contributed by atoms with Crippen molar-refractivity contribution < 1.29 is 18.7 Å². The van der Waals surface area contributed by atoms with Gasteiger partial charge in [0.1, 0.15) is 5.82 Å². The summed E-state index contributed by atoms with van der Waals surface area (Å²) < 4.78 is 24.4. The fourth-order valence-corrected chi connectivity index (χ4v) is 3.81. The van der Waals surface area contributed by atoms with Crippen LogP contribution in [0.1, 0.15) is 36.0 Å². The van der Waals surface area contributed by atoms with Crippen molar-refractivity contribution in [1.82, 2.24) is 0 Å². The third kappa shape index (κ3) is 2.07. The average Bonchev–Trinajstić information content (AvgIpc) is 3.08. The summed E-state index contributed by atoms with van der Waals surface area (Å²) in [6.45, 7) is 0. The number of ether oxygens (including phenoxy) is 2. The third-order valence-corrected chi connectivity index (χ3v) is 4.81. The lowest BCUT2D eigenvalue weighted by Gasteiger charge is -2.21. The fraction of sp³-hybridized carbons (Fsp3) is 0.562. The number of carbonyl (C=O) groups excluding carboxylic acids is 1. The minimum Gasteiger partial charge on any atom is -0.493 e. The molecule has 0 amide bonds. The molecule has 2 aliphatic rings. The second-order valence-corrected chi connectivity index (χ2v) is 5.83. The van der Waals surface area contributed by atoms with E-state index < -0.39 is 5.82 Å². The Morgan fingerprint density at radius 3 is 2.40 bits per heavy atom. The normalized spacial score (nSPS) is 27.6. The summed E-state index contributed by atoms with van der Waals surface area (Å²) in [6, 6.07) is 2.71. The molecule has 108 valence electrons. The molecule has 2 bridgehead atoms. The highest BCUT2D eigenvalue weighted by Crippen LogP contribution is 2.49. The summed E-state index contributed by atoms with van der Waals surface area (Å²) in [6.07, 6.45) is 4.38. The molecule has 0 aromatic heterocycles. The molecule has 2 saturated carbocycles. The van der Waals surface area contributed by atoms with Gasteiger partial charge in [0.25, 0.3) is 0 Å². The minimum atomic E-state index is -0.518. The maximum absolute atomic E-state index is 14.1. The fourth-order valence-electron chi connectivity index (χ4n) is 3.81. The number of carbonyl (C=O) groups is 1.